The van der Waals surface area contributed by atoms with Crippen molar-refractivity contribution in [2.45, 2.75) is 45.4 Å². The van der Waals surface area contributed by atoms with Gasteiger partial charge in [0.15, 0.2) is 5.11 Å². The lowest BCUT2D eigenvalue weighted by atomic mass is 9.49. The van der Waals surface area contributed by atoms with Gasteiger partial charge in [-0.05, 0) is 86.9 Å². The minimum Gasteiger partial charge on any atom is -0.465 e. The molecule has 1 aromatic heterocycles. The Morgan fingerprint density at radius 2 is 1.88 bits per heavy atom. The number of carbonyl (C=O) groups excluding carboxylic acids is 1. The molecule has 0 amide bonds. The van der Waals surface area contributed by atoms with Gasteiger partial charge in [0.2, 0.25) is 0 Å². The zero-order valence-corrected chi connectivity index (χ0v) is 16.5. The number of hydrogen-bond acceptors (Lipinski definition) is 4. The third-order valence-corrected chi connectivity index (χ3v) is 7.49. The standard InChI is InChI=1S/C19H26N2O2S2/c1-11-3-15(17(22)23-2)16(25-11)21-18(24)20-10-19-7-12-4-13(8-19)6-14(5-12)9-19/h3,12-14H,4-10H2,1-2H3,(H2,20,21,24). The van der Waals surface area contributed by atoms with Crippen LogP contribution < -0.4 is 10.6 Å². The lowest BCUT2D eigenvalue weighted by Crippen LogP contribution is -2.51. The Morgan fingerprint density at radius 1 is 1.28 bits per heavy atom. The number of esters is 1. The SMILES string of the molecule is COC(=O)c1cc(C)sc1NC(=S)NCC12CC3CC(CC(C3)C1)C2. The Hall–Kier alpha value is -1.14. The van der Waals surface area contributed by atoms with Crippen molar-refractivity contribution in [3.05, 3.63) is 16.5 Å². The Bertz CT molecular complexity index is 662. The van der Waals surface area contributed by atoms with Crippen LogP contribution in [-0.2, 0) is 4.74 Å². The summed E-state index contributed by atoms with van der Waals surface area (Å²) in [6.45, 7) is 2.94. The molecule has 4 aliphatic carbocycles. The summed E-state index contributed by atoms with van der Waals surface area (Å²) in [5.74, 6) is 2.51. The number of anilines is 1. The molecule has 4 nitrogen and oxygen atoms in total. The van der Waals surface area contributed by atoms with E-state index < -0.39 is 0 Å². The van der Waals surface area contributed by atoms with E-state index in [0.717, 1.165) is 34.2 Å². The number of nitrogens with one attached hydrogen (secondary N) is 2. The average Bonchev–Trinajstić information content (AvgIpc) is 2.91. The average molecular weight is 379 g/mol. The van der Waals surface area contributed by atoms with Crippen LogP contribution in [0, 0.1) is 30.1 Å². The minimum absolute atomic E-state index is 0.323. The lowest BCUT2D eigenvalue weighted by Gasteiger charge is -2.57. The van der Waals surface area contributed by atoms with Crippen LogP contribution in [0.5, 0.6) is 0 Å². The summed E-state index contributed by atoms with van der Waals surface area (Å²) in [5, 5.41) is 8.06. The van der Waals surface area contributed by atoms with Crippen LogP contribution in [0.15, 0.2) is 6.07 Å². The predicted molar refractivity (Wildman–Crippen MR) is 105 cm³/mol. The molecule has 1 aromatic rings. The molecule has 1 heterocycles. The summed E-state index contributed by atoms with van der Waals surface area (Å²) < 4.78 is 4.86. The van der Waals surface area contributed by atoms with Crippen molar-refractivity contribution in [1.82, 2.24) is 5.32 Å². The summed E-state index contributed by atoms with van der Waals surface area (Å²) >= 11 is 7.05. The van der Waals surface area contributed by atoms with Gasteiger partial charge < -0.3 is 15.4 Å². The molecule has 2 N–H and O–H groups in total. The third-order valence-electron chi connectivity index (χ3n) is 6.28. The number of rotatable bonds is 4. The molecule has 0 atom stereocenters. The zero-order chi connectivity index (χ0) is 17.6. The van der Waals surface area contributed by atoms with E-state index in [1.807, 2.05) is 13.0 Å². The molecule has 4 fully saturated rings. The fourth-order valence-corrected chi connectivity index (χ4v) is 6.93. The molecule has 0 aromatic carbocycles. The maximum Gasteiger partial charge on any atom is 0.340 e. The number of aryl methyl sites for hydroxylation is 1. The number of hydrogen-bond donors (Lipinski definition) is 2. The van der Waals surface area contributed by atoms with Crippen LogP contribution in [0.25, 0.3) is 0 Å². The van der Waals surface area contributed by atoms with Gasteiger partial charge in [0.05, 0.1) is 12.7 Å². The van der Waals surface area contributed by atoms with E-state index in [1.54, 1.807) is 0 Å². The fraction of sp³-hybridized carbons (Fsp3) is 0.684. The lowest BCUT2D eigenvalue weighted by molar-refractivity contribution is -0.0490. The first-order valence-corrected chi connectivity index (χ1v) is 10.4. The predicted octanol–water partition coefficient (Wildman–Crippen LogP) is 4.35. The van der Waals surface area contributed by atoms with Crippen molar-refractivity contribution >= 4 is 39.6 Å². The van der Waals surface area contributed by atoms with E-state index in [2.05, 4.69) is 10.6 Å². The summed E-state index contributed by atoms with van der Waals surface area (Å²) in [7, 11) is 1.41. The topological polar surface area (TPSA) is 50.4 Å². The van der Waals surface area contributed by atoms with Crippen LogP contribution in [0.4, 0.5) is 5.00 Å². The van der Waals surface area contributed by atoms with Crippen LogP contribution in [0.2, 0.25) is 0 Å². The van der Waals surface area contributed by atoms with E-state index >= 15 is 0 Å². The van der Waals surface area contributed by atoms with Crippen molar-refractivity contribution in [2.24, 2.45) is 23.2 Å². The molecule has 0 spiro atoms. The van der Waals surface area contributed by atoms with E-state index in [0.29, 0.717) is 16.1 Å². The van der Waals surface area contributed by atoms with Crippen molar-refractivity contribution in [3.63, 3.8) is 0 Å². The number of methoxy groups -OCH3 is 1. The Morgan fingerprint density at radius 3 is 2.44 bits per heavy atom. The fourth-order valence-electron chi connectivity index (χ4n) is 5.79. The van der Waals surface area contributed by atoms with Gasteiger partial charge in [-0.1, -0.05) is 0 Å². The Balaban J connectivity index is 1.38. The molecular weight excluding hydrogens is 352 g/mol. The van der Waals surface area contributed by atoms with E-state index in [9.17, 15) is 4.79 Å². The van der Waals surface area contributed by atoms with Crippen LogP contribution in [0.1, 0.15) is 53.8 Å². The van der Waals surface area contributed by atoms with Crippen molar-refractivity contribution in [3.8, 4) is 0 Å². The molecule has 4 bridgehead atoms. The molecule has 4 aliphatic rings. The number of ether oxygens (including phenoxy) is 1. The van der Waals surface area contributed by atoms with Crippen molar-refractivity contribution in [2.75, 3.05) is 19.0 Å². The highest BCUT2D eigenvalue weighted by Crippen LogP contribution is 2.59. The van der Waals surface area contributed by atoms with Gasteiger partial charge in [-0.2, -0.15) is 0 Å². The van der Waals surface area contributed by atoms with Gasteiger partial charge >= 0.3 is 5.97 Å². The highest BCUT2D eigenvalue weighted by Gasteiger charge is 2.50. The van der Waals surface area contributed by atoms with Gasteiger partial charge in [0.25, 0.3) is 0 Å². The molecule has 25 heavy (non-hydrogen) atoms. The normalized spacial score (nSPS) is 32.5. The highest BCUT2D eigenvalue weighted by atomic mass is 32.1. The van der Waals surface area contributed by atoms with Gasteiger partial charge in [0, 0.05) is 11.4 Å². The molecule has 136 valence electrons. The van der Waals surface area contributed by atoms with E-state index in [1.165, 1.54) is 57.0 Å². The summed E-state index contributed by atoms with van der Waals surface area (Å²) in [6, 6.07) is 1.85. The second-order valence-electron chi connectivity index (χ2n) is 8.32. The van der Waals surface area contributed by atoms with Gasteiger partial charge in [-0.25, -0.2) is 4.79 Å². The maximum absolute atomic E-state index is 11.9. The smallest absolute Gasteiger partial charge is 0.340 e. The molecule has 0 aliphatic heterocycles. The molecule has 0 unspecified atom stereocenters. The maximum atomic E-state index is 11.9. The molecular formula is C19H26N2O2S2. The molecule has 6 heteroatoms. The second-order valence-corrected chi connectivity index (χ2v) is 9.98. The summed E-state index contributed by atoms with van der Waals surface area (Å²) in [5.41, 5.74) is 1.00. The first kappa shape index (κ1) is 17.3. The van der Waals surface area contributed by atoms with Gasteiger partial charge in [0.1, 0.15) is 5.00 Å². The molecule has 0 radical (unpaired) electrons. The van der Waals surface area contributed by atoms with Crippen molar-refractivity contribution in [1.29, 1.82) is 0 Å². The monoisotopic (exact) mass is 378 g/mol. The Labute approximate surface area is 158 Å². The largest absolute Gasteiger partial charge is 0.465 e. The molecule has 4 saturated carbocycles. The highest BCUT2D eigenvalue weighted by molar-refractivity contribution is 7.80. The van der Waals surface area contributed by atoms with Crippen molar-refractivity contribution < 1.29 is 9.53 Å². The van der Waals surface area contributed by atoms with Gasteiger partial charge in [-0.15, -0.1) is 11.3 Å². The van der Waals surface area contributed by atoms with Crippen LogP contribution in [-0.4, -0.2) is 24.7 Å². The minimum atomic E-state index is -0.323. The van der Waals surface area contributed by atoms with E-state index in [4.69, 9.17) is 17.0 Å². The Kier molecular flexibility index (Phi) is 4.52. The summed E-state index contributed by atoms with van der Waals surface area (Å²) in [6.07, 6.45) is 8.46. The quantitative estimate of drug-likeness (QED) is 0.603. The number of thiocarbonyl (C=S) groups is 1. The first-order valence-electron chi connectivity index (χ1n) is 9.20. The van der Waals surface area contributed by atoms with Crippen LogP contribution >= 0.6 is 23.6 Å². The number of carbonyl (C=O) groups is 1. The van der Waals surface area contributed by atoms with E-state index in [-0.39, 0.29) is 5.97 Å². The number of thiophene rings is 1. The first-order chi connectivity index (χ1) is 12.0. The van der Waals surface area contributed by atoms with Crippen LogP contribution in [0.3, 0.4) is 0 Å². The summed E-state index contributed by atoms with van der Waals surface area (Å²) in [4.78, 5) is 13.0. The van der Waals surface area contributed by atoms with Gasteiger partial charge in [-0.3, -0.25) is 0 Å². The molecule has 0 saturated heterocycles. The third kappa shape index (κ3) is 3.43. The second kappa shape index (κ2) is 6.54. The zero-order valence-electron chi connectivity index (χ0n) is 14.9. The molecule has 5 rings (SSSR count).